The van der Waals surface area contributed by atoms with Crippen LogP contribution in [0.4, 0.5) is 0 Å². The molecule has 0 amide bonds. The third-order valence-electron chi connectivity index (χ3n) is 0.605. The molecule has 0 spiro atoms. The summed E-state index contributed by atoms with van der Waals surface area (Å²) in [6.07, 6.45) is 4.77. The number of hydrogen-bond acceptors (Lipinski definition) is 4. The number of carbonyl (C=O) groups excluding carboxylic acids is 2. The van der Waals surface area contributed by atoms with Crippen LogP contribution >= 0.6 is 0 Å². The Morgan fingerprint density at radius 3 is 1.15 bits per heavy atom. The van der Waals surface area contributed by atoms with Crippen molar-refractivity contribution >= 4 is 11.9 Å². The number of rotatable bonds is 2. The third-order valence-corrected chi connectivity index (χ3v) is 0.605. The Kier molecular flexibility index (Phi) is 18.6. The van der Waals surface area contributed by atoms with Crippen LogP contribution in [0.1, 0.15) is 13.8 Å². The van der Waals surface area contributed by atoms with E-state index in [1.54, 1.807) is 13.8 Å². The van der Waals surface area contributed by atoms with E-state index in [4.69, 9.17) is 0 Å². The van der Waals surface area contributed by atoms with Crippen molar-refractivity contribution in [2.24, 2.45) is 0 Å². The van der Waals surface area contributed by atoms with E-state index in [9.17, 15) is 19.8 Å². The van der Waals surface area contributed by atoms with Gasteiger partial charge in [-0.05, 0) is 26.0 Å². The van der Waals surface area contributed by atoms with Crippen molar-refractivity contribution in [3.05, 3.63) is 24.3 Å². The number of hydrogen-bond donors (Lipinski definition) is 0. The number of carboxylic acid groups (broad SMARTS) is 2. The predicted octanol–water partition coefficient (Wildman–Crippen LogP) is -1.38. The average molecular weight is 229 g/mol. The summed E-state index contributed by atoms with van der Waals surface area (Å²) in [6.45, 7) is 3.24. The van der Waals surface area contributed by atoms with Gasteiger partial charge in [0.2, 0.25) is 0 Å². The molecular weight excluding hydrogens is 219 g/mol. The molecule has 0 atom stereocenters. The van der Waals surface area contributed by atoms with Crippen LogP contribution < -0.4 is 10.2 Å². The normalized spacial score (nSPS) is 8.77. The first kappa shape index (κ1) is 17.9. The number of allylic oxidation sites excluding steroid dienone is 2. The summed E-state index contributed by atoms with van der Waals surface area (Å²) in [5.74, 6) is -2.28. The molecule has 0 rings (SSSR count). The van der Waals surface area contributed by atoms with Crippen LogP contribution in [-0.4, -0.2) is 11.9 Å². The Bertz CT molecular complexity index is 174. The maximum Gasteiger partial charge on any atom is 2.00 e. The molecule has 13 heavy (non-hydrogen) atoms. The summed E-state index contributed by atoms with van der Waals surface area (Å²) in [5.41, 5.74) is 0. The van der Waals surface area contributed by atoms with Crippen LogP contribution in [-0.2, 0) is 26.4 Å². The van der Waals surface area contributed by atoms with Crippen LogP contribution in [0.15, 0.2) is 24.3 Å². The van der Waals surface area contributed by atoms with Crippen molar-refractivity contribution in [1.82, 2.24) is 0 Å². The molecule has 1 radical (unpaired) electrons. The Labute approximate surface area is 87.2 Å². The van der Waals surface area contributed by atoms with Gasteiger partial charge in [0, 0.05) is 0 Å². The van der Waals surface area contributed by atoms with Crippen molar-refractivity contribution in [3.8, 4) is 0 Å². The van der Waals surface area contributed by atoms with Gasteiger partial charge in [0.15, 0.2) is 0 Å². The summed E-state index contributed by atoms with van der Waals surface area (Å²) in [7, 11) is 0. The van der Waals surface area contributed by atoms with Crippen LogP contribution in [0.2, 0.25) is 0 Å². The average Bonchev–Trinajstić information content (AvgIpc) is 1.87. The molecule has 0 heterocycles. The predicted molar refractivity (Wildman–Crippen MR) is 39.6 cm³/mol. The van der Waals surface area contributed by atoms with Crippen LogP contribution in [0.3, 0.4) is 0 Å². The van der Waals surface area contributed by atoms with Gasteiger partial charge in [-0.1, -0.05) is 12.2 Å². The molecule has 0 bridgehead atoms. The molecule has 0 fully saturated rings. The fourth-order valence-electron chi connectivity index (χ4n) is 0.272. The molecule has 0 saturated carbocycles. The number of carboxylic acids is 2. The molecular formula is C8H10CoO4. The first-order valence-corrected chi connectivity index (χ1v) is 3.22. The van der Waals surface area contributed by atoms with Crippen molar-refractivity contribution < 1.29 is 36.6 Å². The molecule has 4 nitrogen and oxygen atoms in total. The standard InChI is InChI=1S/2C4H6O2.Co/c2*1-2-3-4(5)6;/h2*2-3H,1H3,(H,5,6);/q;;+2/p-2/b2*3-2+;. The van der Waals surface area contributed by atoms with Crippen molar-refractivity contribution in [3.63, 3.8) is 0 Å². The second-order valence-electron chi connectivity index (χ2n) is 1.64. The monoisotopic (exact) mass is 229 g/mol. The van der Waals surface area contributed by atoms with Gasteiger partial charge in [0.25, 0.3) is 0 Å². The van der Waals surface area contributed by atoms with E-state index < -0.39 is 11.9 Å². The Hall–Kier alpha value is -1.07. The summed E-state index contributed by atoms with van der Waals surface area (Å²) < 4.78 is 0. The zero-order chi connectivity index (χ0) is 9.98. The van der Waals surface area contributed by atoms with E-state index in [2.05, 4.69) is 0 Å². The van der Waals surface area contributed by atoms with Gasteiger partial charge in [-0.3, -0.25) is 0 Å². The van der Waals surface area contributed by atoms with E-state index in [-0.39, 0.29) is 16.8 Å². The van der Waals surface area contributed by atoms with E-state index in [0.29, 0.717) is 0 Å². The first-order valence-electron chi connectivity index (χ1n) is 3.22. The van der Waals surface area contributed by atoms with E-state index in [1.165, 1.54) is 12.2 Å². The second kappa shape index (κ2) is 13.5. The van der Waals surface area contributed by atoms with Crippen molar-refractivity contribution in [1.29, 1.82) is 0 Å². The Balaban J connectivity index is -0.000000143. The summed E-state index contributed by atoms with van der Waals surface area (Å²) in [5, 5.41) is 18.8. The molecule has 0 aromatic carbocycles. The maximum absolute atomic E-state index is 9.40. The molecule has 0 aromatic rings. The van der Waals surface area contributed by atoms with Gasteiger partial charge in [0.05, 0.1) is 11.9 Å². The molecule has 0 aromatic heterocycles. The minimum absolute atomic E-state index is 0. The smallest absolute Gasteiger partial charge is 0.545 e. The van der Waals surface area contributed by atoms with Gasteiger partial charge in [-0.15, -0.1) is 0 Å². The van der Waals surface area contributed by atoms with Crippen molar-refractivity contribution in [2.45, 2.75) is 13.8 Å². The molecule has 0 aliphatic heterocycles. The minimum Gasteiger partial charge on any atom is -0.545 e. The molecule has 0 aliphatic carbocycles. The second-order valence-corrected chi connectivity index (χ2v) is 1.64. The quantitative estimate of drug-likeness (QED) is 0.546. The number of aliphatic carboxylic acids is 2. The fraction of sp³-hybridized carbons (Fsp3) is 0.250. The van der Waals surface area contributed by atoms with Crippen LogP contribution in [0, 0.1) is 0 Å². The zero-order valence-corrected chi connectivity index (χ0v) is 8.32. The van der Waals surface area contributed by atoms with Crippen LogP contribution in [0.5, 0.6) is 0 Å². The SMILES string of the molecule is C/C=C/C(=O)[O-].C/C=C/C(=O)[O-].[Co+2]. The Morgan fingerprint density at radius 1 is 0.923 bits per heavy atom. The van der Waals surface area contributed by atoms with Gasteiger partial charge < -0.3 is 19.8 Å². The van der Waals surface area contributed by atoms with E-state index in [1.807, 2.05) is 0 Å². The van der Waals surface area contributed by atoms with Gasteiger partial charge in [0.1, 0.15) is 0 Å². The maximum atomic E-state index is 9.40. The van der Waals surface area contributed by atoms with Gasteiger partial charge in [-0.2, -0.15) is 0 Å². The molecule has 0 unspecified atom stereocenters. The minimum atomic E-state index is -1.14. The number of carbonyl (C=O) groups is 2. The van der Waals surface area contributed by atoms with Crippen molar-refractivity contribution in [2.75, 3.05) is 0 Å². The molecule has 75 valence electrons. The summed E-state index contributed by atoms with van der Waals surface area (Å²) in [4.78, 5) is 18.8. The van der Waals surface area contributed by atoms with E-state index in [0.717, 1.165) is 12.2 Å². The van der Waals surface area contributed by atoms with Gasteiger partial charge >= 0.3 is 16.8 Å². The fourth-order valence-corrected chi connectivity index (χ4v) is 0.272. The topological polar surface area (TPSA) is 80.3 Å². The van der Waals surface area contributed by atoms with Gasteiger partial charge in [-0.25, -0.2) is 0 Å². The van der Waals surface area contributed by atoms with E-state index >= 15 is 0 Å². The third kappa shape index (κ3) is 35.9. The van der Waals surface area contributed by atoms with Crippen LogP contribution in [0.25, 0.3) is 0 Å². The molecule has 0 N–H and O–H groups in total. The zero-order valence-electron chi connectivity index (χ0n) is 7.28. The molecule has 0 aliphatic rings. The molecule has 0 saturated heterocycles. The summed E-state index contributed by atoms with van der Waals surface area (Å²) >= 11 is 0. The first-order chi connectivity index (χ1) is 5.54. The molecule has 5 heteroatoms. The Morgan fingerprint density at radius 2 is 1.15 bits per heavy atom. The largest absolute Gasteiger partial charge is 2.00 e. The summed E-state index contributed by atoms with van der Waals surface area (Å²) in [6, 6.07) is 0.